The lowest BCUT2D eigenvalue weighted by Gasteiger charge is -2.53. The molecule has 15 heavy (non-hydrogen) atoms. The first kappa shape index (κ1) is 12.9. The molecule has 1 rings (SSSR count). The second-order valence-corrected chi connectivity index (χ2v) is 8.09. The van der Waals surface area contributed by atoms with Crippen molar-refractivity contribution in [2.75, 3.05) is 0 Å². The summed E-state index contributed by atoms with van der Waals surface area (Å²) in [5.41, 5.74) is 0.466. The van der Waals surface area contributed by atoms with Gasteiger partial charge in [0.2, 0.25) is 0 Å². The Balaban J connectivity index is 2.68. The van der Waals surface area contributed by atoms with E-state index >= 15 is 0 Å². The van der Waals surface area contributed by atoms with E-state index < -0.39 is 0 Å². The second-order valence-electron chi connectivity index (χ2n) is 5.88. The quantitative estimate of drug-likeness (QED) is 0.711. The van der Waals surface area contributed by atoms with Crippen LogP contribution in [-0.4, -0.2) is 9.49 Å². The van der Waals surface area contributed by atoms with Crippen LogP contribution in [0.15, 0.2) is 0 Å². The molecular formula is C13H23NS. The minimum Gasteiger partial charge on any atom is -0.197 e. The molecule has 0 bridgehead atoms. The van der Waals surface area contributed by atoms with Crippen LogP contribution in [0.1, 0.15) is 60.3 Å². The minimum absolute atomic E-state index is 0.0930. The molecular weight excluding hydrogens is 202 g/mol. The van der Waals surface area contributed by atoms with Crippen LogP contribution in [0.5, 0.6) is 0 Å². The highest BCUT2D eigenvalue weighted by Gasteiger charge is 2.54. The number of hydrogen-bond donors (Lipinski definition) is 0. The highest BCUT2D eigenvalue weighted by molar-refractivity contribution is 8.02. The number of hydrogen-bond acceptors (Lipinski definition) is 2. The van der Waals surface area contributed by atoms with Gasteiger partial charge in [-0.2, -0.15) is 5.26 Å². The fourth-order valence-electron chi connectivity index (χ4n) is 2.67. The largest absolute Gasteiger partial charge is 0.197 e. The van der Waals surface area contributed by atoms with Crippen molar-refractivity contribution >= 4 is 11.8 Å². The summed E-state index contributed by atoms with van der Waals surface area (Å²) in [6, 6.07) is 2.56. The molecule has 86 valence electrons. The van der Waals surface area contributed by atoms with E-state index in [0.29, 0.717) is 5.41 Å². The second kappa shape index (κ2) is 4.01. The number of thioether (sulfide) groups is 1. The van der Waals surface area contributed by atoms with Gasteiger partial charge in [0.25, 0.3) is 0 Å². The molecule has 1 fully saturated rings. The van der Waals surface area contributed by atoms with Crippen LogP contribution in [0.4, 0.5) is 0 Å². The van der Waals surface area contributed by atoms with Gasteiger partial charge in [-0.3, -0.25) is 0 Å². The van der Waals surface area contributed by atoms with Crippen LogP contribution in [0.25, 0.3) is 0 Å². The van der Waals surface area contributed by atoms with E-state index in [1.165, 1.54) is 12.8 Å². The zero-order valence-corrected chi connectivity index (χ0v) is 11.5. The first-order valence-electron chi connectivity index (χ1n) is 5.92. The van der Waals surface area contributed by atoms with Gasteiger partial charge in [-0.1, -0.05) is 47.5 Å². The molecule has 0 aromatic carbocycles. The monoisotopic (exact) mass is 225 g/mol. The van der Waals surface area contributed by atoms with Crippen LogP contribution in [0.2, 0.25) is 0 Å². The van der Waals surface area contributed by atoms with E-state index in [2.05, 4.69) is 40.7 Å². The summed E-state index contributed by atoms with van der Waals surface area (Å²) >= 11 is 1.86. The van der Waals surface area contributed by atoms with E-state index in [9.17, 15) is 5.26 Å². The minimum atomic E-state index is -0.0930. The summed E-state index contributed by atoms with van der Waals surface area (Å²) in [7, 11) is 0. The van der Waals surface area contributed by atoms with Crippen LogP contribution < -0.4 is 0 Å². The van der Waals surface area contributed by atoms with E-state index in [0.717, 1.165) is 12.8 Å². The number of nitrogens with zero attached hydrogens (tertiary/aromatic N) is 1. The third kappa shape index (κ3) is 2.69. The van der Waals surface area contributed by atoms with E-state index in [1.54, 1.807) is 0 Å². The van der Waals surface area contributed by atoms with Gasteiger partial charge in [0.05, 0.1) is 6.07 Å². The van der Waals surface area contributed by atoms with Gasteiger partial charge in [-0.05, 0) is 18.3 Å². The van der Waals surface area contributed by atoms with Gasteiger partial charge in [0.1, 0.15) is 4.75 Å². The van der Waals surface area contributed by atoms with E-state index in [-0.39, 0.29) is 9.49 Å². The normalized spacial score (nSPS) is 22.9. The van der Waals surface area contributed by atoms with Gasteiger partial charge < -0.3 is 0 Å². The average Bonchev–Trinajstić information content (AvgIpc) is 2.09. The van der Waals surface area contributed by atoms with Crippen molar-refractivity contribution in [3.8, 4) is 6.07 Å². The summed E-state index contributed by atoms with van der Waals surface area (Å²) < 4.78 is 0.105. The lowest BCUT2D eigenvalue weighted by atomic mass is 9.59. The van der Waals surface area contributed by atoms with Gasteiger partial charge in [0, 0.05) is 4.75 Å². The Morgan fingerprint density at radius 2 is 1.67 bits per heavy atom. The molecule has 1 nitrogen and oxygen atoms in total. The average molecular weight is 225 g/mol. The van der Waals surface area contributed by atoms with Gasteiger partial charge >= 0.3 is 0 Å². The third-order valence-corrected chi connectivity index (χ3v) is 4.91. The van der Waals surface area contributed by atoms with Crippen molar-refractivity contribution < 1.29 is 0 Å². The molecule has 0 spiro atoms. The highest BCUT2D eigenvalue weighted by Crippen LogP contribution is 2.61. The molecule has 0 heterocycles. The molecule has 1 aliphatic rings. The van der Waals surface area contributed by atoms with Gasteiger partial charge in [-0.25, -0.2) is 0 Å². The van der Waals surface area contributed by atoms with Crippen LogP contribution in [-0.2, 0) is 0 Å². The Hall–Kier alpha value is -0.160. The standard InChI is InChI=1S/C13H23NS/c1-6-12(7-2)8-13(9-12,10-14)15-11(3,4)5/h6-9H2,1-5H3. The molecule has 1 aliphatic carbocycles. The smallest absolute Gasteiger partial charge is 0.104 e. The SMILES string of the molecule is CCC1(CC)CC(C#N)(SC(C)(C)C)C1. The fourth-order valence-corrected chi connectivity index (χ4v) is 4.64. The molecule has 0 unspecified atom stereocenters. The Labute approximate surface area is 98.6 Å². The maximum atomic E-state index is 9.35. The van der Waals surface area contributed by atoms with Crippen LogP contribution in [0, 0.1) is 16.7 Å². The molecule has 0 aromatic rings. The van der Waals surface area contributed by atoms with Crippen molar-refractivity contribution in [3.63, 3.8) is 0 Å². The molecule has 0 saturated heterocycles. The molecule has 0 amide bonds. The van der Waals surface area contributed by atoms with Crippen molar-refractivity contribution in [1.29, 1.82) is 5.26 Å². The van der Waals surface area contributed by atoms with Crippen molar-refractivity contribution in [1.82, 2.24) is 0 Å². The molecule has 0 radical (unpaired) electrons. The zero-order chi connectivity index (χ0) is 11.7. The Bertz CT molecular complexity index is 257. The summed E-state index contributed by atoms with van der Waals surface area (Å²) in [6.07, 6.45) is 4.62. The Morgan fingerprint density at radius 3 is 1.93 bits per heavy atom. The Kier molecular flexibility index (Phi) is 3.45. The van der Waals surface area contributed by atoms with Crippen molar-refractivity contribution in [2.45, 2.75) is 69.8 Å². The third-order valence-electron chi connectivity index (χ3n) is 3.53. The molecule has 1 saturated carbocycles. The number of nitriles is 1. The molecule has 0 aliphatic heterocycles. The van der Waals surface area contributed by atoms with Crippen molar-refractivity contribution in [3.05, 3.63) is 0 Å². The number of rotatable bonds is 3. The maximum Gasteiger partial charge on any atom is 0.104 e. The molecule has 0 atom stereocenters. The summed E-state index contributed by atoms with van der Waals surface area (Å²) in [5, 5.41) is 9.35. The van der Waals surface area contributed by atoms with Crippen molar-refractivity contribution in [2.24, 2.45) is 5.41 Å². The van der Waals surface area contributed by atoms with E-state index in [1.807, 2.05) is 11.8 Å². The highest BCUT2D eigenvalue weighted by atomic mass is 32.2. The lowest BCUT2D eigenvalue weighted by molar-refractivity contribution is 0.0978. The van der Waals surface area contributed by atoms with Gasteiger partial charge in [-0.15, -0.1) is 11.8 Å². The summed E-state index contributed by atoms with van der Waals surface area (Å²) in [6.45, 7) is 11.1. The molecule has 0 aromatic heterocycles. The summed E-state index contributed by atoms with van der Waals surface area (Å²) in [4.78, 5) is 0. The zero-order valence-electron chi connectivity index (χ0n) is 10.7. The predicted octanol–water partition coefficient (Wildman–Crippen LogP) is 4.38. The maximum absolute atomic E-state index is 9.35. The predicted molar refractivity (Wildman–Crippen MR) is 67.9 cm³/mol. The molecule has 2 heteroatoms. The summed E-state index contributed by atoms with van der Waals surface area (Å²) in [5.74, 6) is 0. The van der Waals surface area contributed by atoms with E-state index in [4.69, 9.17) is 0 Å². The van der Waals surface area contributed by atoms with Crippen LogP contribution >= 0.6 is 11.8 Å². The van der Waals surface area contributed by atoms with Crippen LogP contribution in [0.3, 0.4) is 0 Å². The first-order valence-corrected chi connectivity index (χ1v) is 6.73. The lowest BCUT2D eigenvalue weighted by Crippen LogP contribution is -2.49. The fraction of sp³-hybridized carbons (Fsp3) is 0.923. The Morgan fingerprint density at radius 1 is 1.20 bits per heavy atom. The molecule has 0 N–H and O–H groups in total. The van der Waals surface area contributed by atoms with Gasteiger partial charge in [0.15, 0.2) is 0 Å². The topological polar surface area (TPSA) is 23.8 Å². The first-order chi connectivity index (χ1) is 6.80.